The second-order valence-corrected chi connectivity index (χ2v) is 9.80. The average molecular weight is 392 g/mol. The first-order valence-electron chi connectivity index (χ1n) is 10.2. The van der Waals surface area contributed by atoms with E-state index in [1.807, 2.05) is 12.1 Å². The van der Waals surface area contributed by atoms with E-state index in [2.05, 4.69) is 4.31 Å². The van der Waals surface area contributed by atoms with E-state index >= 15 is 0 Å². The van der Waals surface area contributed by atoms with Crippen LogP contribution in [-0.4, -0.2) is 45.5 Å². The fraction of sp³-hybridized carbons (Fsp3) is 0.667. The molecule has 1 saturated heterocycles. The molecule has 1 atom stereocenters. The first-order valence-corrected chi connectivity index (χ1v) is 11.3. The van der Waals surface area contributed by atoms with E-state index in [0.29, 0.717) is 10.8 Å². The number of esters is 1. The Balaban J connectivity index is 1.39. The Morgan fingerprint density at radius 2 is 1.93 bits per heavy atom. The average Bonchev–Trinajstić information content (AvgIpc) is 2.73. The Labute approximate surface area is 164 Å². The lowest BCUT2D eigenvalue weighted by molar-refractivity contribution is 0.00238. The van der Waals surface area contributed by atoms with E-state index in [1.165, 1.54) is 26.4 Å². The third-order valence-corrected chi connectivity index (χ3v) is 8.30. The fourth-order valence-corrected chi connectivity index (χ4v) is 6.37. The number of benzene rings is 1. The molecular weight excluding hydrogens is 362 g/mol. The van der Waals surface area contributed by atoms with Gasteiger partial charge in [0.25, 0.3) is 0 Å². The lowest BCUT2D eigenvalue weighted by Gasteiger charge is -2.44. The third-order valence-electron chi connectivity index (χ3n) is 6.38. The normalized spacial score (nSPS) is 24.0. The molecule has 2 fully saturated rings. The van der Waals surface area contributed by atoms with Crippen molar-refractivity contribution < 1.29 is 18.5 Å². The van der Waals surface area contributed by atoms with E-state index in [1.54, 1.807) is 6.07 Å². The maximum atomic E-state index is 12.9. The van der Waals surface area contributed by atoms with E-state index in [9.17, 15) is 9.00 Å². The molecule has 0 bridgehead atoms. The van der Waals surface area contributed by atoms with Crippen molar-refractivity contribution in [3.63, 3.8) is 0 Å². The predicted molar refractivity (Wildman–Crippen MR) is 105 cm³/mol. The molecule has 0 aromatic heterocycles. The smallest absolute Gasteiger partial charge is 0.337 e. The van der Waals surface area contributed by atoms with Crippen molar-refractivity contribution in [2.45, 2.75) is 68.6 Å². The summed E-state index contributed by atoms with van der Waals surface area (Å²) in [4.78, 5) is 11.7. The van der Waals surface area contributed by atoms with E-state index in [-0.39, 0.29) is 11.6 Å². The summed E-state index contributed by atoms with van der Waals surface area (Å²) >= 11 is 0. The van der Waals surface area contributed by atoms with Crippen LogP contribution in [-0.2, 0) is 22.1 Å². The Morgan fingerprint density at radius 1 is 1.19 bits per heavy atom. The number of carbonyl (C=O) groups is 1. The quantitative estimate of drug-likeness (QED) is 0.739. The number of fused-ring (bicyclic) bond motifs is 1. The fourth-order valence-electron chi connectivity index (χ4n) is 4.67. The third kappa shape index (κ3) is 3.92. The van der Waals surface area contributed by atoms with Gasteiger partial charge in [-0.25, -0.2) is 13.3 Å². The van der Waals surface area contributed by atoms with Gasteiger partial charge in [0.2, 0.25) is 0 Å². The van der Waals surface area contributed by atoms with Gasteiger partial charge in [0.15, 0.2) is 0 Å². The van der Waals surface area contributed by atoms with Gasteiger partial charge in [-0.15, -0.1) is 0 Å². The second-order valence-electron chi connectivity index (χ2n) is 8.06. The molecule has 0 radical (unpaired) electrons. The largest absolute Gasteiger partial charge is 0.487 e. The zero-order valence-corrected chi connectivity index (χ0v) is 16.9. The lowest BCUT2D eigenvalue weighted by atomic mass is 9.83. The number of carbonyl (C=O) groups excluding carboxylic acids is 1. The van der Waals surface area contributed by atoms with Crippen molar-refractivity contribution in [2.24, 2.45) is 0 Å². The van der Waals surface area contributed by atoms with Gasteiger partial charge in [-0.3, -0.25) is 0 Å². The van der Waals surface area contributed by atoms with Crippen LogP contribution in [0.2, 0.25) is 0 Å². The molecule has 4 rings (SSSR count). The Bertz CT molecular complexity index is 721. The van der Waals surface area contributed by atoms with Gasteiger partial charge in [-0.05, 0) is 49.4 Å². The predicted octanol–water partition coefficient (Wildman–Crippen LogP) is 3.63. The topological polar surface area (TPSA) is 55.8 Å². The summed E-state index contributed by atoms with van der Waals surface area (Å²) in [5.41, 5.74) is 1.51. The summed E-state index contributed by atoms with van der Waals surface area (Å²) in [6.45, 7) is 1.69. The van der Waals surface area contributed by atoms with Crippen LogP contribution in [0.15, 0.2) is 18.2 Å². The van der Waals surface area contributed by atoms with Gasteiger partial charge in [0, 0.05) is 31.2 Å². The highest BCUT2D eigenvalue weighted by Gasteiger charge is 2.41. The number of aryl methyl sites for hydroxylation is 1. The van der Waals surface area contributed by atoms with Crippen LogP contribution >= 0.6 is 0 Å². The highest BCUT2D eigenvalue weighted by atomic mass is 32.2. The molecule has 1 saturated carbocycles. The highest BCUT2D eigenvalue weighted by molar-refractivity contribution is 7.83. The van der Waals surface area contributed by atoms with E-state index in [0.717, 1.165) is 62.9 Å². The number of ether oxygens (including phenoxy) is 2. The number of hydrogen-bond acceptors (Lipinski definition) is 4. The number of rotatable bonds is 3. The molecule has 27 heavy (non-hydrogen) atoms. The molecule has 5 nitrogen and oxygen atoms in total. The Hall–Kier alpha value is -1.40. The zero-order chi connectivity index (χ0) is 18.9. The maximum Gasteiger partial charge on any atom is 0.337 e. The summed E-state index contributed by atoms with van der Waals surface area (Å²) in [7, 11) is 0.559. The molecule has 3 aliphatic rings. The number of hydrogen-bond donors (Lipinski definition) is 0. The molecule has 0 amide bonds. The first kappa shape index (κ1) is 18.9. The first-order chi connectivity index (χ1) is 13.1. The molecular formula is C21H29NO4S. The van der Waals surface area contributed by atoms with E-state index in [4.69, 9.17) is 9.47 Å². The molecule has 1 unspecified atom stereocenters. The van der Waals surface area contributed by atoms with Crippen molar-refractivity contribution in [1.82, 2.24) is 4.31 Å². The van der Waals surface area contributed by atoms with Gasteiger partial charge in [-0.2, -0.15) is 0 Å². The second kappa shape index (κ2) is 7.92. The van der Waals surface area contributed by atoms with Gasteiger partial charge >= 0.3 is 5.97 Å². The van der Waals surface area contributed by atoms with Crippen LogP contribution in [0.1, 0.15) is 67.3 Å². The summed E-state index contributed by atoms with van der Waals surface area (Å²) in [5, 5.41) is 0.359. The molecule has 1 spiro atoms. The summed E-state index contributed by atoms with van der Waals surface area (Å²) in [6.07, 6.45) is 9.67. The van der Waals surface area contributed by atoms with Crippen molar-refractivity contribution in [3.8, 4) is 5.75 Å². The van der Waals surface area contributed by atoms with Gasteiger partial charge < -0.3 is 9.47 Å². The van der Waals surface area contributed by atoms with Crippen LogP contribution < -0.4 is 4.74 Å². The van der Waals surface area contributed by atoms with Crippen molar-refractivity contribution in [3.05, 3.63) is 29.3 Å². The summed E-state index contributed by atoms with van der Waals surface area (Å²) < 4.78 is 26.3. The Morgan fingerprint density at radius 3 is 2.63 bits per heavy atom. The molecule has 6 heteroatoms. The zero-order valence-electron chi connectivity index (χ0n) is 16.1. The van der Waals surface area contributed by atoms with Crippen molar-refractivity contribution in [1.29, 1.82) is 0 Å². The monoisotopic (exact) mass is 391 g/mol. The molecule has 1 aromatic rings. The van der Waals surface area contributed by atoms with Crippen LogP contribution in [0.3, 0.4) is 0 Å². The van der Waals surface area contributed by atoms with Gasteiger partial charge in [-0.1, -0.05) is 19.3 Å². The molecule has 2 aliphatic heterocycles. The number of piperidine rings is 1. The molecule has 1 aromatic carbocycles. The lowest BCUT2D eigenvalue weighted by Crippen LogP contribution is -2.51. The molecule has 148 valence electrons. The minimum atomic E-state index is -0.842. The maximum absolute atomic E-state index is 12.9. The minimum Gasteiger partial charge on any atom is -0.487 e. The van der Waals surface area contributed by atoms with Gasteiger partial charge in [0.1, 0.15) is 11.4 Å². The van der Waals surface area contributed by atoms with Crippen LogP contribution in [0.5, 0.6) is 5.75 Å². The molecule has 2 heterocycles. The SMILES string of the molecule is COC(=O)c1ccc2c(c1)CCC1(CCN(S(=O)C3CCCCC3)CC1)O2. The standard InChI is InChI=1S/C21H29NO4S/c1-25-20(23)17-7-8-19-16(15-17)9-10-21(26-19)11-13-22(14-12-21)27(24)18-5-3-2-4-6-18/h7-8,15,18H,2-6,9-14H2,1H3. The number of methoxy groups -OCH3 is 1. The van der Waals surface area contributed by atoms with Crippen LogP contribution in [0, 0.1) is 0 Å². The Kier molecular flexibility index (Phi) is 5.55. The summed E-state index contributed by atoms with van der Waals surface area (Å²) in [5.74, 6) is 0.576. The van der Waals surface area contributed by atoms with Gasteiger partial charge in [0.05, 0.1) is 23.7 Å². The molecule has 0 N–H and O–H groups in total. The highest BCUT2D eigenvalue weighted by Crippen LogP contribution is 2.40. The van der Waals surface area contributed by atoms with E-state index < -0.39 is 11.0 Å². The summed E-state index contributed by atoms with van der Waals surface area (Å²) in [6, 6.07) is 5.56. The number of nitrogens with zero attached hydrogens (tertiary/aromatic N) is 1. The minimum absolute atomic E-state index is 0.146. The van der Waals surface area contributed by atoms with Crippen molar-refractivity contribution >= 4 is 17.0 Å². The van der Waals surface area contributed by atoms with Crippen molar-refractivity contribution in [2.75, 3.05) is 20.2 Å². The van der Waals surface area contributed by atoms with Crippen LogP contribution in [0.25, 0.3) is 0 Å². The molecule has 1 aliphatic carbocycles. The van der Waals surface area contributed by atoms with Crippen LogP contribution in [0.4, 0.5) is 0 Å².